The Balaban J connectivity index is 1.58. The Morgan fingerprint density at radius 1 is 1.21 bits per heavy atom. The molecule has 1 N–H and O–H groups in total. The fraction of sp³-hybridized carbons (Fsp3) is 0.333. The predicted octanol–water partition coefficient (Wildman–Crippen LogP) is 2.18. The Bertz CT molecular complexity index is 1110. The molecule has 0 atom stereocenters. The number of benzene rings is 1. The Labute approximate surface area is 162 Å². The van der Waals surface area contributed by atoms with Gasteiger partial charge in [-0.15, -0.1) is 0 Å². The third-order valence-corrected chi connectivity index (χ3v) is 4.99. The summed E-state index contributed by atoms with van der Waals surface area (Å²) in [7, 11) is 3.43. The van der Waals surface area contributed by atoms with Gasteiger partial charge in [0.2, 0.25) is 0 Å². The van der Waals surface area contributed by atoms with E-state index in [0.29, 0.717) is 23.5 Å². The molecule has 4 rings (SSSR count). The number of aryl methyl sites for hydroxylation is 2. The zero-order valence-electron chi connectivity index (χ0n) is 16.3. The molecular formula is C21H23FN4O2. The normalized spacial score (nSPS) is 12.9. The van der Waals surface area contributed by atoms with Crippen molar-refractivity contribution in [3.63, 3.8) is 0 Å². The first kappa shape index (κ1) is 18.3. The Morgan fingerprint density at radius 3 is 2.82 bits per heavy atom. The molecule has 3 heterocycles. The molecule has 1 aliphatic rings. The minimum atomic E-state index is -0.323. The zero-order chi connectivity index (χ0) is 19.7. The number of nitrogens with one attached hydrogen (secondary N) is 1. The molecule has 28 heavy (non-hydrogen) atoms. The van der Waals surface area contributed by atoms with E-state index in [1.54, 1.807) is 17.9 Å². The Hall–Kier alpha value is -3.09. The molecule has 1 aliphatic heterocycles. The van der Waals surface area contributed by atoms with Crippen molar-refractivity contribution >= 4 is 6.08 Å². The molecule has 2 aromatic heterocycles. The second-order valence-corrected chi connectivity index (χ2v) is 6.91. The smallest absolute Gasteiger partial charge is 0.164 e. The Kier molecular flexibility index (Phi) is 4.90. The van der Waals surface area contributed by atoms with Crippen LogP contribution in [0.1, 0.15) is 28.9 Å². The van der Waals surface area contributed by atoms with E-state index in [4.69, 9.17) is 9.47 Å². The fourth-order valence-electron chi connectivity index (χ4n) is 3.40. The summed E-state index contributed by atoms with van der Waals surface area (Å²) in [6, 6.07) is 5.03. The van der Waals surface area contributed by atoms with Gasteiger partial charge in [0.05, 0.1) is 7.11 Å². The number of methoxy groups -OCH3 is 1. The van der Waals surface area contributed by atoms with Gasteiger partial charge in [-0.25, -0.2) is 4.39 Å². The summed E-state index contributed by atoms with van der Waals surface area (Å²) < 4.78 is 27.8. The molecule has 0 saturated heterocycles. The number of hydrogen-bond acceptors (Lipinski definition) is 4. The molecule has 0 fully saturated rings. The summed E-state index contributed by atoms with van der Waals surface area (Å²) in [5, 5.41) is 5.42. The largest absolute Gasteiger partial charge is 0.493 e. The maximum absolute atomic E-state index is 14.8. The van der Waals surface area contributed by atoms with E-state index in [0.717, 1.165) is 40.6 Å². The van der Waals surface area contributed by atoms with Gasteiger partial charge in [0.25, 0.3) is 0 Å². The van der Waals surface area contributed by atoms with Crippen molar-refractivity contribution in [1.82, 2.24) is 14.8 Å². The molecule has 1 aromatic carbocycles. The van der Waals surface area contributed by atoms with Crippen LogP contribution >= 0.6 is 0 Å². The van der Waals surface area contributed by atoms with Crippen LogP contribution in [0, 0.1) is 12.7 Å². The number of aromatic amines is 1. The molecule has 0 saturated carbocycles. The van der Waals surface area contributed by atoms with Crippen molar-refractivity contribution in [2.75, 3.05) is 13.7 Å². The second kappa shape index (κ2) is 7.50. The molecule has 0 aliphatic carbocycles. The van der Waals surface area contributed by atoms with E-state index in [2.05, 4.69) is 21.2 Å². The molecule has 0 spiro atoms. The van der Waals surface area contributed by atoms with Gasteiger partial charge in [-0.05, 0) is 36.6 Å². The highest BCUT2D eigenvalue weighted by atomic mass is 19.1. The van der Waals surface area contributed by atoms with Crippen LogP contribution in [0.25, 0.3) is 6.08 Å². The Morgan fingerprint density at radius 2 is 2.07 bits per heavy atom. The third kappa shape index (κ3) is 3.52. The van der Waals surface area contributed by atoms with E-state index >= 15 is 0 Å². The van der Waals surface area contributed by atoms with Gasteiger partial charge in [0.15, 0.2) is 11.5 Å². The summed E-state index contributed by atoms with van der Waals surface area (Å²) in [5.74, 6) is 0.544. The van der Waals surface area contributed by atoms with Crippen LogP contribution in [-0.2, 0) is 20.1 Å². The van der Waals surface area contributed by atoms with Crippen molar-refractivity contribution in [3.05, 3.63) is 63.4 Å². The molecule has 3 aromatic rings. The first-order valence-corrected chi connectivity index (χ1v) is 9.25. The average Bonchev–Trinajstić information content (AvgIpc) is 3.25. The average molecular weight is 382 g/mol. The van der Waals surface area contributed by atoms with Crippen LogP contribution in [0.5, 0.6) is 11.5 Å². The van der Waals surface area contributed by atoms with E-state index < -0.39 is 0 Å². The maximum atomic E-state index is 14.8. The highest BCUT2D eigenvalue weighted by Crippen LogP contribution is 2.31. The van der Waals surface area contributed by atoms with Crippen molar-refractivity contribution in [2.45, 2.75) is 26.4 Å². The van der Waals surface area contributed by atoms with Crippen LogP contribution in [0.15, 0.2) is 29.4 Å². The highest BCUT2D eigenvalue weighted by molar-refractivity contribution is 5.45. The number of fused-ring (bicyclic) bond motifs is 1. The van der Waals surface area contributed by atoms with Gasteiger partial charge in [-0.3, -0.25) is 9.67 Å². The van der Waals surface area contributed by atoms with Crippen molar-refractivity contribution in [1.29, 1.82) is 0 Å². The number of halogens is 1. The fourth-order valence-corrected chi connectivity index (χ4v) is 3.40. The van der Waals surface area contributed by atoms with Crippen molar-refractivity contribution in [3.8, 4) is 11.5 Å². The van der Waals surface area contributed by atoms with Gasteiger partial charge in [-0.2, -0.15) is 5.10 Å². The summed E-state index contributed by atoms with van der Waals surface area (Å²) in [6.45, 7) is 3.01. The molecule has 7 heteroatoms. The molecule has 0 unspecified atom stereocenters. The number of nitrogens with zero attached hydrogens (tertiary/aromatic N) is 3. The number of hydrogen-bond donors (Lipinski definition) is 1. The molecule has 146 valence electrons. The van der Waals surface area contributed by atoms with Gasteiger partial charge in [0.1, 0.15) is 23.6 Å². The van der Waals surface area contributed by atoms with E-state index in [1.165, 1.54) is 6.07 Å². The number of rotatable bonds is 6. The standard InChI is InChI=1S/C21H23FN4O2/c1-13-7-16(25-26(13)2)12-28-20-10-18(22)14(9-19(20)27-3)8-15-11-24-21-17(15)5-4-6-23-21/h5,7,9-11H,4,6,8,12H2,1-3H3,(H,23,24). The maximum Gasteiger partial charge on any atom is 0.164 e. The minimum Gasteiger partial charge on any atom is -0.493 e. The molecule has 6 nitrogen and oxygen atoms in total. The van der Waals surface area contributed by atoms with Gasteiger partial charge < -0.3 is 14.5 Å². The van der Waals surface area contributed by atoms with E-state index in [1.807, 2.05) is 26.2 Å². The summed E-state index contributed by atoms with van der Waals surface area (Å²) in [6.07, 6.45) is 5.41. The third-order valence-electron chi connectivity index (χ3n) is 4.99. The van der Waals surface area contributed by atoms with Crippen LogP contribution in [0.2, 0.25) is 0 Å². The second-order valence-electron chi connectivity index (χ2n) is 6.91. The zero-order valence-corrected chi connectivity index (χ0v) is 16.3. The lowest BCUT2D eigenvalue weighted by Crippen LogP contribution is -2.28. The first-order chi connectivity index (χ1) is 13.5. The van der Waals surface area contributed by atoms with E-state index in [9.17, 15) is 4.39 Å². The summed E-state index contributed by atoms with van der Waals surface area (Å²) in [4.78, 5) is 7.62. The van der Waals surface area contributed by atoms with Gasteiger partial charge >= 0.3 is 0 Å². The molecular weight excluding hydrogens is 359 g/mol. The highest BCUT2D eigenvalue weighted by Gasteiger charge is 2.15. The quantitative estimate of drug-likeness (QED) is 0.711. The number of ether oxygens (including phenoxy) is 2. The molecule has 0 radical (unpaired) electrons. The van der Waals surface area contributed by atoms with Crippen molar-refractivity contribution in [2.24, 2.45) is 12.0 Å². The van der Waals surface area contributed by atoms with Crippen LogP contribution in [0.4, 0.5) is 4.39 Å². The van der Waals surface area contributed by atoms with Crippen molar-refractivity contribution < 1.29 is 13.9 Å². The molecule has 0 amide bonds. The lowest BCUT2D eigenvalue weighted by molar-refractivity contribution is 0.277. The number of H-pyrrole nitrogens is 1. The lowest BCUT2D eigenvalue weighted by Gasteiger charge is -2.12. The summed E-state index contributed by atoms with van der Waals surface area (Å²) in [5.41, 5.74) is 4.27. The monoisotopic (exact) mass is 382 g/mol. The van der Waals surface area contributed by atoms with Gasteiger partial charge in [-0.1, -0.05) is 6.08 Å². The lowest BCUT2D eigenvalue weighted by atomic mass is 10.0. The van der Waals surface area contributed by atoms with Crippen LogP contribution in [0.3, 0.4) is 0 Å². The van der Waals surface area contributed by atoms with E-state index in [-0.39, 0.29) is 12.4 Å². The van der Waals surface area contributed by atoms with Crippen LogP contribution < -0.4 is 20.2 Å². The first-order valence-electron chi connectivity index (χ1n) is 9.25. The molecule has 0 bridgehead atoms. The number of aromatic nitrogens is 3. The topological polar surface area (TPSA) is 64.4 Å². The predicted molar refractivity (Wildman–Crippen MR) is 104 cm³/mol. The van der Waals surface area contributed by atoms with Crippen LogP contribution in [-0.4, -0.2) is 28.4 Å². The van der Waals surface area contributed by atoms with Gasteiger partial charge in [0, 0.05) is 43.2 Å². The minimum absolute atomic E-state index is 0.249. The summed E-state index contributed by atoms with van der Waals surface area (Å²) >= 11 is 0. The SMILES string of the molecule is COc1cc(Cc2c[nH]c3c2=CCCN=3)c(F)cc1OCc1cc(C)n(C)n1.